The summed E-state index contributed by atoms with van der Waals surface area (Å²) in [5, 5.41) is 1.48. The van der Waals surface area contributed by atoms with Crippen LogP contribution in [-0.4, -0.2) is 6.61 Å². The SMILES string of the molecule is Cc1ccc(Cl)cc1C(Br)c1cc(Cl)cc2c1OCC2. The van der Waals surface area contributed by atoms with Crippen LogP contribution >= 0.6 is 39.1 Å². The second kappa shape index (κ2) is 5.59. The van der Waals surface area contributed by atoms with Crippen molar-refractivity contribution < 1.29 is 4.74 Å². The van der Waals surface area contributed by atoms with Gasteiger partial charge in [0.15, 0.2) is 0 Å². The van der Waals surface area contributed by atoms with E-state index >= 15 is 0 Å². The minimum absolute atomic E-state index is 0.0201. The van der Waals surface area contributed by atoms with Crippen molar-refractivity contribution in [2.45, 2.75) is 18.2 Å². The summed E-state index contributed by atoms with van der Waals surface area (Å²) in [7, 11) is 0. The maximum Gasteiger partial charge on any atom is 0.127 e. The van der Waals surface area contributed by atoms with E-state index in [0.717, 1.165) is 39.9 Å². The second-order valence-electron chi connectivity index (χ2n) is 4.95. The molecule has 0 radical (unpaired) electrons. The molecule has 0 bridgehead atoms. The maximum absolute atomic E-state index is 6.23. The standard InChI is InChI=1S/C16H13BrCl2O/c1-9-2-3-11(18)7-13(9)15(17)14-8-12(19)6-10-4-5-20-16(10)14/h2-3,6-8,15H,4-5H2,1H3. The van der Waals surface area contributed by atoms with Crippen LogP contribution in [0.3, 0.4) is 0 Å². The first-order chi connectivity index (χ1) is 9.56. The van der Waals surface area contributed by atoms with Crippen molar-refractivity contribution in [3.05, 3.63) is 62.6 Å². The number of benzene rings is 2. The van der Waals surface area contributed by atoms with Crippen molar-refractivity contribution >= 4 is 39.1 Å². The van der Waals surface area contributed by atoms with Crippen LogP contribution in [0.5, 0.6) is 5.75 Å². The van der Waals surface area contributed by atoms with E-state index in [9.17, 15) is 0 Å². The lowest BCUT2D eigenvalue weighted by molar-refractivity contribution is 0.354. The Morgan fingerprint density at radius 3 is 2.65 bits per heavy atom. The highest BCUT2D eigenvalue weighted by molar-refractivity contribution is 9.09. The van der Waals surface area contributed by atoms with E-state index < -0.39 is 0 Å². The molecule has 0 aromatic heterocycles. The van der Waals surface area contributed by atoms with E-state index in [1.165, 1.54) is 11.1 Å². The lowest BCUT2D eigenvalue weighted by Crippen LogP contribution is -1.99. The number of hydrogen-bond donors (Lipinski definition) is 0. The first-order valence-corrected chi connectivity index (χ1v) is 8.08. The normalized spacial score (nSPS) is 14.8. The first-order valence-electron chi connectivity index (χ1n) is 6.41. The van der Waals surface area contributed by atoms with Crippen LogP contribution in [0.4, 0.5) is 0 Å². The quantitative estimate of drug-likeness (QED) is 0.613. The zero-order chi connectivity index (χ0) is 14.3. The van der Waals surface area contributed by atoms with Gasteiger partial charge in [0.2, 0.25) is 0 Å². The fraction of sp³-hybridized carbons (Fsp3) is 0.250. The lowest BCUT2D eigenvalue weighted by Gasteiger charge is -2.17. The average Bonchev–Trinajstić information content (AvgIpc) is 2.87. The van der Waals surface area contributed by atoms with Crippen LogP contribution in [0, 0.1) is 6.92 Å². The zero-order valence-corrected chi connectivity index (χ0v) is 14.0. The van der Waals surface area contributed by atoms with Crippen molar-refractivity contribution in [1.82, 2.24) is 0 Å². The topological polar surface area (TPSA) is 9.23 Å². The average molecular weight is 372 g/mol. The Morgan fingerprint density at radius 2 is 1.85 bits per heavy atom. The fourth-order valence-electron chi connectivity index (χ4n) is 2.54. The molecule has 104 valence electrons. The molecule has 1 aliphatic rings. The molecule has 1 aliphatic heterocycles. The minimum atomic E-state index is 0.0201. The molecule has 2 aromatic carbocycles. The molecule has 0 spiro atoms. The van der Waals surface area contributed by atoms with Crippen LogP contribution < -0.4 is 4.74 Å². The molecule has 0 N–H and O–H groups in total. The number of aryl methyl sites for hydroxylation is 1. The molecule has 1 heterocycles. The summed E-state index contributed by atoms with van der Waals surface area (Å²) in [5.41, 5.74) is 4.56. The van der Waals surface area contributed by atoms with Gasteiger partial charge >= 0.3 is 0 Å². The number of alkyl halides is 1. The minimum Gasteiger partial charge on any atom is -0.493 e. The summed E-state index contributed by atoms with van der Waals surface area (Å²) in [5.74, 6) is 0.954. The second-order valence-corrected chi connectivity index (χ2v) is 6.73. The third-order valence-corrected chi connectivity index (χ3v) is 5.00. The van der Waals surface area contributed by atoms with Gasteiger partial charge in [-0.25, -0.2) is 0 Å². The van der Waals surface area contributed by atoms with Gasteiger partial charge in [0, 0.05) is 22.0 Å². The van der Waals surface area contributed by atoms with Crippen LogP contribution in [-0.2, 0) is 6.42 Å². The molecule has 4 heteroatoms. The zero-order valence-electron chi connectivity index (χ0n) is 10.9. The highest BCUT2D eigenvalue weighted by Crippen LogP contribution is 2.43. The Morgan fingerprint density at radius 1 is 1.10 bits per heavy atom. The van der Waals surface area contributed by atoms with Gasteiger partial charge in [-0.15, -0.1) is 0 Å². The van der Waals surface area contributed by atoms with E-state index in [0.29, 0.717) is 0 Å². The molecule has 0 saturated carbocycles. The Hall–Kier alpha value is -0.700. The highest BCUT2D eigenvalue weighted by Gasteiger charge is 2.24. The van der Waals surface area contributed by atoms with E-state index in [4.69, 9.17) is 27.9 Å². The molecular formula is C16H13BrCl2O. The highest BCUT2D eigenvalue weighted by atomic mass is 79.9. The van der Waals surface area contributed by atoms with Gasteiger partial charge in [0.25, 0.3) is 0 Å². The first kappa shape index (κ1) is 14.2. The largest absolute Gasteiger partial charge is 0.493 e. The van der Waals surface area contributed by atoms with Gasteiger partial charge in [0.05, 0.1) is 11.4 Å². The summed E-state index contributed by atoms with van der Waals surface area (Å²) >= 11 is 16.1. The van der Waals surface area contributed by atoms with Crippen LogP contribution in [0.1, 0.15) is 27.1 Å². The van der Waals surface area contributed by atoms with Gasteiger partial charge in [-0.1, -0.05) is 45.2 Å². The Kier molecular flexibility index (Phi) is 3.98. The smallest absolute Gasteiger partial charge is 0.127 e. The summed E-state index contributed by atoms with van der Waals surface area (Å²) in [4.78, 5) is 0.0201. The van der Waals surface area contributed by atoms with Gasteiger partial charge in [-0.05, 0) is 47.9 Å². The molecule has 2 aromatic rings. The fourth-order valence-corrected chi connectivity index (χ4v) is 3.80. The van der Waals surface area contributed by atoms with Crippen molar-refractivity contribution in [3.63, 3.8) is 0 Å². The van der Waals surface area contributed by atoms with E-state index in [-0.39, 0.29) is 4.83 Å². The number of ether oxygens (including phenoxy) is 1. The van der Waals surface area contributed by atoms with E-state index in [1.54, 1.807) is 0 Å². The third kappa shape index (κ3) is 2.57. The van der Waals surface area contributed by atoms with Crippen molar-refractivity contribution in [3.8, 4) is 5.75 Å². The molecule has 1 atom stereocenters. The summed E-state index contributed by atoms with van der Waals surface area (Å²) in [6.45, 7) is 2.79. The monoisotopic (exact) mass is 370 g/mol. The van der Waals surface area contributed by atoms with Crippen LogP contribution in [0.2, 0.25) is 10.0 Å². The molecule has 0 fully saturated rings. The summed E-state index contributed by atoms with van der Waals surface area (Å²) < 4.78 is 5.78. The molecule has 3 rings (SSSR count). The summed E-state index contributed by atoms with van der Waals surface area (Å²) in [6, 6.07) is 9.86. The van der Waals surface area contributed by atoms with Crippen LogP contribution in [0.25, 0.3) is 0 Å². The van der Waals surface area contributed by atoms with Crippen molar-refractivity contribution in [2.24, 2.45) is 0 Å². The van der Waals surface area contributed by atoms with Crippen LogP contribution in [0.15, 0.2) is 30.3 Å². The predicted molar refractivity (Wildman–Crippen MR) is 87.6 cm³/mol. The van der Waals surface area contributed by atoms with Crippen molar-refractivity contribution in [1.29, 1.82) is 0 Å². The number of hydrogen-bond acceptors (Lipinski definition) is 1. The lowest BCUT2D eigenvalue weighted by atomic mass is 9.98. The third-order valence-electron chi connectivity index (χ3n) is 3.56. The number of rotatable bonds is 2. The molecule has 1 nitrogen and oxygen atoms in total. The molecule has 1 unspecified atom stereocenters. The Labute approximate surface area is 137 Å². The molecule has 0 saturated heterocycles. The molecule has 0 amide bonds. The van der Waals surface area contributed by atoms with Crippen molar-refractivity contribution in [2.75, 3.05) is 6.61 Å². The number of fused-ring (bicyclic) bond motifs is 1. The molecule has 20 heavy (non-hydrogen) atoms. The van der Waals surface area contributed by atoms with Gasteiger partial charge in [-0.2, -0.15) is 0 Å². The predicted octanol–water partition coefficient (Wildman–Crippen LogP) is 5.72. The van der Waals surface area contributed by atoms with Gasteiger partial charge < -0.3 is 4.74 Å². The van der Waals surface area contributed by atoms with E-state index in [2.05, 4.69) is 22.9 Å². The Balaban J connectivity index is 2.11. The number of halogens is 3. The van der Waals surface area contributed by atoms with Gasteiger partial charge in [0.1, 0.15) is 5.75 Å². The molecule has 0 aliphatic carbocycles. The Bertz CT molecular complexity index is 670. The summed E-state index contributed by atoms with van der Waals surface area (Å²) in [6.07, 6.45) is 0.914. The maximum atomic E-state index is 6.23. The molecular weight excluding hydrogens is 359 g/mol. The van der Waals surface area contributed by atoms with Gasteiger partial charge in [-0.3, -0.25) is 0 Å². The van der Waals surface area contributed by atoms with E-state index in [1.807, 2.05) is 30.3 Å².